The molecule has 0 bridgehead atoms. The van der Waals surface area contributed by atoms with Crippen LogP contribution < -0.4 is 5.32 Å². The summed E-state index contributed by atoms with van der Waals surface area (Å²) in [6.07, 6.45) is 2.44. The van der Waals surface area contributed by atoms with Crippen LogP contribution in [0.2, 0.25) is 0 Å². The number of aryl methyl sites for hydroxylation is 1. The Kier molecular flexibility index (Phi) is 4.70. The van der Waals surface area contributed by atoms with E-state index in [9.17, 15) is 9.18 Å². The predicted octanol–water partition coefficient (Wildman–Crippen LogP) is 3.71. The molecule has 2 N–H and O–H groups in total. The molecule has 2 aromatic carbocycles. The number of carbonyl (C=O) groups is 1. The molecule has 0 spiro atoms. The monoisotopic (exact) mass is 323 g/mol. The lowest BCUT2D eigenvalue weighted by Gasteiger charge is -2.07. The quantitative estimate of drug-likeness (QED) is 0.752. The van der Waals surface area contributed by atoms with Crippen LogP contribution in [0.1, 0.15) is 28.4 Å². The van der Waals surface area contributed by atoms with Crippen LogP contribution in [0.4, 0.5) is 4.39 Å². The van der Waals surface area contributed by atoms with Gasteiger partial charge in [0.05, 0.1) is 17.5 Å². The molecule has 24 heavy (non-hydrogen) atoms. The fourth-order valence-electron chi connectivity index (χ4n) is 2.50. The van der Waals surface area contributed by atoms with Gasteiger partial charge in [0.25, 0.3) is 5.91 Å². The van der Waals surface area contributed by atoms with Crippen LogP contribution in [-0.4, -0.2) is 16.1 Å². The van der Waals surface area contributed by atoms with Crippen LogP contribution in [0.15, 0.2) is 54.7 Å². The van der Waals surface area contributed by atoms with E-state index in [-0.39, 0.29) is 18.3 Å². The Bertz CT molecular complexity index is 840. The van der Waals surface area contributed by atoms with Gasteiger partial charge < -0.3 is 5.32 Å². The van der Waals surface area contributed by atoms with Crippen molar-refractivity contribution in [3.8, 4) is 11.3 Å². The zero-order chi connectivity index (χ0) is 16.9. The number of nitrogens with zero attached hydrogens (tertiary/aromatic N) is 1. The molecule has 0 atom stereocenters. The summed E-state index contributed by atoms with van der Waals surface area (Å²) < 4.78 is 13.6. The van der Waals surface area contributed by atoms with Gasteiger partial charge in [-0.2, -0.15) is 5.10 Å². The smallest absolute Gasteiger partial charge is 0.255 e. The minimum absolute atomic E-state index is 0.130. The molecular formula is C19H18FN3O. The highest BCUT2D eigenvalue weighted by atomic mass is 19.1. The van der Waals surface area contributed by atoms with E-state index >= 15 is 0 Å². The average molecular weight is 323 g/mol. The first-order valence-corrected chi connectivity index (χ1v) is 7.83. The SMILES string of the molecule is CCc1ccc(-c2[nH]ncc2C(=O)NCc2ccccc2F)cc1. The van der Waals surface area contributed by atoms with Crippen LogP contribution in [-0.2, 0) is 13.0 Å². The van der Waals surface area contributed by atoms with E-state index < -0.39 is 0 Å². The Morgan fingerprint density at radius 2 is 1.92 bits per heavy atom. The molecule has 0 aliphatic heterocycles. The minimum atomic E-state index is -0.333. The first kappa shape index (κ1) is 15.9. The first-order chi connectivity index (χ1) is 11.7. The van der Waals surface area contributed by atoms with E-state index in [1.54, 1.807) is 18.2 Å². The number of halogens is 1. The molecule has 1 heterocycles. The van der Waals surface area contributed by atoms with Crippen molar-refractivity contribution >= 4 is 5.91 Å². The van der Waals surface area contributed by atoms with Crippen LogP contribution in [0.5, 0.6) is 0 Å². The standard InChI is InChI=1S/C19H18FN3O/c1-2-13-7-9-14(10-8-13)18-16(12-22-23-18)19(24)21-11-15-5-3-4-6-17(15)20/h3-10,12H,2,11H2,1H3,(H,21,24)(H,22,23). The van der Waals surface area contributed by atoms with Gasteiger partial charge in [0.2, 0.25) is 0 Å². The van der Waals surface area contributed by atoms with Crippen molar-refractivity contribution in [2.75, 3.05) is 0 Å². The van der Waals surface area contributed by atoms with E-state index in [4.69, 9.17) is 0 Å². The van der Waals surface area contributed by atoms with Crippen molar-refractivity contribution < 1.29 is 9.18 Å². The van der Waals surface area contributed by atoms with E-state index in [1.807, 2.05) is 24.3 Å². The summed E-state index contributed by atoms with van der Waals surface area (Å²) >= 11 is 0. The molecule has 5 heteroatoms. The van der Waals surface area contributed by atoms with Crippen molar-refractivity contribution in [3.05, 3.63) is 77.2 Å². The van der Waals surface area contributed by atoms with Gasteiger partial charge in [-0.25, -0.2) is 4.39 Å². The van der Waals surface area contributed by atoms with Gasteiger partial charge in [0.15, 0.2) is 0 Å². The lowest BCUT2D eigenvalue weighted by molar-refractivity contribution is 0.0951. The van der Waals surface area contributed by atoms with Gasteiger partial charge in [-0.05, 0) is 18.1 Å². The molecule has 0 radical (unpaired) electrons. The van der Waals surface area contributed by atoms with E-state index in [1.165, 1.54) is 17.8 Å². The Hall–Kier alpha value is -2.95. The maximum atomic E-state index is 13.6. The molecule has 3 rings (SSSR count). The first-order valence-electron chi connectivity index (χ1n) is 7.83. The van der Waals surface area contributed by atoms with Crippen molar-refractivity contribution in [2.45, 2.75) is 19.9 Å². The second-order valence-electron chi connectivity index (χ2n) is 5.48. The molecule has 0 fully saturated rings. The van der Waals surface area contributed by atoms with Gasteiger partial charge in [-0.1, -0.05) is 49.4 Å². The van der Waals surface area contributed by atoms with E-state index in [0.29, 0.717) is 16.8 Å². The molecular weight excluding hydrogens is 305 g/mol. The number of benzene rings is 2. The number of amides is 1. The van der Waals surface area contributed by atoms with Crippen LogP contribution in [0.25, 0.3) is 11.3 Å². The topological polar surface area (TPSA) is 57.8 Å². The summed E-state index contributed by atoms with van der Waals surface area (Å²) in [7, 11) is 0. The summed E-state index contributed by atoms with van der Waals surface area (Å²) in [4.78, 5) is 12.4. The maximum absolute atomic E-state index is 13.6. The van der Waals surface area contributed by atoms with Crippen molar-refractivity contribution in [1.82, 2.24) is 15.5 Å². The molecule has 0 aliphatic carbocycles. The lowest BCUT2D eigenvalue weighted by Crippen LogP contribution is -2.23. The highest BCUT2D eigenvalue weighted by molar-refractivity contribution is 5.99. The second-order valence-corrected chi connectivity index (χ2v) is 5.48. The third kappa shape index (κ3) is 3.35. The van der Waals surface area contributed by atoms with Gasteiger partial charge in [0.1, 0.15) is 5.82 Å². The normalized spacial score (nSPS) is 10.6. The third-order valence-corrected chi connectivity index (χ3v) is 3.93. The lowest BCUT2D eigenvalue weighted by atomic mass is 10.0. The summed E-state index contributed by atoms with van der Waals surface area (Å²) in [6, 6.07) is 14.3. The Labute approximate surface area is 139 Å². The molecule has 0 saturated carbocycles. The van der Waals surface area contributed by atoms with Gasteiger partial charge in [-0.15, -0.1) is 0 Å². The number of nitrogens with one attached hydrogen (secondary N) is 2. The van der Waals surface area contributed by atoms with Gasteiger partial charge in [-0.3, -0.25) is 9.89 Å². The number of hydrogen-bond donors (Lipinski definition) is 2. The van der Waals surface area contributed by atoms with Crippen molar-refractivity contribution in [3.63, 3.8) is 0 Å². The second kappa shape index (κ2) is 7.08. The Morgan fingerprint density at radius 3 is 2.62 bits per heavy atom. The minimum Gasteiger partial charge on any atom is -0.348 e. The largest absolute Gasteiger partial charge is 0.348 e. The molecule has 0 unspecified atom stereocenters. The average Bonchev–Trinajstić information content (AvgIpc) is 3.10. The number of H-pyrrole nitrogens is 1. The highest BCUT2D eigenvalue weighted by Gasteiger charge is 2.15. The summed E-state index contributed by atoms with van der Waals surface area (Å²) in [5.74, 6) is -0.623. The van der Waals surface area contributed by atoms with Crippen molar-refractivity contribution in [1.29, 1.82) is 0 Å². The molecule has 4 nitrogen and oxygen atoms in total. The summed E-state index contributed by atoms with van der Waals surface area (Å²) in [5.41, 5.74) is 3.66. The summed E-state index contributed by atoms with van der Waals surface area (Å²) in [5, 5.41) is 9.58. The fourth-order valence-corrected chi connectivity index (χ4v) is 2.50. The van der Waals surface area contributed by atoms with Crippen LogP contribution >= 0.6 is 0 Å². The number of carbonyl (C=O) groups excluding carboxylic acids is 1. The molecule has 1 aromatic heterocycles. The zero-order valence-corrected chi connectivity index (χ0v) is 13.3. The predicted molar refractivity (Wildman–Crippen MR) is 91.0 cm³/mol. The third-order valence-electron chi connectivity index (χ3n) is 3.93. The zero-order valence-electron chi connectivity index (χ0n) is 13.3. The highest BCUT2D eigenvalue weighted by Crippen LogP contribution is 2.22. The molecule has 122 valence electrons. The van der Waals surface area contributed by atoms with E-state index in [2.05, 4.69) is 22.4 Å². The Balaban J connectivity index is 1.76. The molecule has 1 amide bonds. The van der Waals surface area contributed by atoms with Gasteiger partial charge in [0, 0.05) is 17.7 Å². The number of aromatic nitrogens is 2. The number of aromatic amines is 1. The fraction of sp³-hybridized carbons (Fsp3) is 0.158. The molecule has 0 saturated heterocycles. The van der Waals surface area contributed by atoms with Gasteiger partial charge >= 0.3 is 0 Å². The number of rotatable bonds is 5. The Morgan fingerprint density at radius 1 is 1.17 bits per heavy atom. The van der Waals surface area contributed by atoms with E-state index in [0.717, 1.165) is 12.0 Å². The molecule has 3 aromatic rings. The maximum Gasteiger partial charge on any atom is 0.255 e. The van der Waals surface area contributed by atoms with Crippen LogP contribution in [0, 0.1) is 5.82 Å². The van der Waals surface area contributed by atoms with Crippen molar-refractivity contribution in [2.24, 2.45) is 0 Å². The molecule has 0 aliphatic rings. The number of hydrogen-bond acceptors (Lipinski definition) is 2. The summed E-state index contributed by atoms with van der Waals surface area (Å²) in [6.45, 7) is 2.22. The van der Waals surface area contributed by atoms with Crippen LogP contribution in [0.3, 0.4) is 0 Å².